The molecular formula is C13H19ClFN. The molecule has 2 unspecified atom stereocenters. The third-order valence-corrected chi connectivity index (χ3v) is 3.28. The highest BCUT2D eigenvalue weighted by molar-refractivity contribution is 6.31. The van der Waals surface area contributed by atoms with Crippen molar-refractivity contribution in [1.82, 2.24) is 0 Å². The van der Waals surface area contributed by atoms with Gasteiger partial charge in [0.1, 0.15) is 5.82 Å². The fourth-order valence-corrected chi connectivity index (χ4v) is 2.00. The molecule has 3 heteroatoms. The average molecular weight is 244 g/mol. The summed E-state index contributed by atoms with van der Waals surface area (Å²) in [5, 5.41) is 0.472. The van der Waals surface area contributed by atoms with Crippen molar-refractivity contribution < 1.29 is 4.39 Å². The number of hydrogen-bond donors (Lipinski definition) is 1. The van der Waals surface area contributed by atoms with E-state index in [4.69, 9.17) is 17.3 Å². The third kappa shape index (κ3) is 3.76. The zero-order valence-corrected chi connectivity index (χ0v) is 10.6. The summed E-state index contributed by atoms with van der Waals surface area (Å²) in [5.41, 5.74) is 6.54. The summed E-state index contributed by atoms with van der Waals surface area (Å²) in [6.45, 7) is 4.29. The summed E-state index contributed by atoms with van der Waals surface area (Å²) in [6.07, 6.45) is 2.51. The highest BCUT2D eigenvalue weighted by atomic mass is 35.5. The molecule has 0 aromatic heterocycles. The van der Waals surface area contributed by atoms with Gasteiger partial charge in [-0.3, -0.25) is 0 Å². The second kappa shape index (κ2) is 6.21. The van der Waals surface area contributed by atoms with Gasteiger partial charge in [-0.25, -0.2) is 4.39 Å². The first kappa shape index (κ1) is 13.5. The molecule has 0 aliphatic rings. The Labute approximate surface area is 102 Å². The van der Waals surface area contributed by atoms with Crippen LogP contribution in [0.15, 0.2) is 18.2 Å². The standard InChI is InChI=1S/C13H19ClFN/c1-3-9(2)7-10(16)8-11-12(14)5-4-6-13(11)15/h4-6,9-10H,3,7-8,16H2,1-2H3. The molecule has 16 heavy (non-hydrogen) atoms. The number of halogens is 2. The summed E-state index contributed by atoms with van der Waals surface area (Å²) < 4.78 is 13.5. The molecule has 2 atom stereocenters. The van der Waals surface area contributed by atoms with Crippen LogP contribution in [-0.2, 0) is 6.42 Å². The second-order valence-corrected chi connectivity index (χ2v) is 4.82. The van der Waals surface area contributed by atoms with Crippen molar-refractivity contribution >= 4 is 11.6 Å². The summed E-state index contributed by atoms with van der Waals surface area (Å²) in [7, 11) is 0. The molecule has 0 aliphatic heterocycles. The van der Waals surface area contributed by atoms with Gasteiger partial charge in [-0.05, 0) is 30.9 Å². The molecule has 0 aliphatic carbocycles. The molecule has 0 heterocycles. The summed E-state index contributed by atoms with van der Waals surface area (Å²) in [6, 6.07) is 4.72. The Morgan fingerprint density at radius 2 is 2.12 bits per heavy atom. The first-order valence-electron chi connectivity index (χ1n) is 5.73. The largest absolute Gasteiger partial charge is 0.327 e. The SMILES string of the molecule is CCC(C)CC(N)Cc1c(F)cccc1Cl. The Balaban J connectivity index is 2.66. The second-order valence-electron chi connectivity index (χ2n) is 4.41. The van der Waals surface area contributed by atoms with E-state index in [2.05, 4.69) is 13.8 Å². The van der Waals surface area contributed by atoms with E-state index < -0.39 is 0 Å². The number of benzene rings is 1. The lowest BCUT2D eigenvalue weighted by molar-refractivity contribution is 0.446. The molecule has 0 saturated heterocycles. The minimum Gasteiger partial charge on any atom is -0.327 e. The monoisotopic (exact) mass is 243 g/mol. The highest BCUT2D eigenvalue weighted by Crippen LogP contribution is 2.22. The molecule has 0 spiro atoms. The van der Waals surface area contributed by atoms with Crippen LogP contribution in [0.4, 0.5) is 4.39 Å². The molecule has 90 valence electrons. The van der Waals surface area contributed by atoms with Crippen LogP contribution in [0, 0.1) is 11.7 Å². The van der Waals surface area contributed by atoms with Crippen LogP contribution in [0.5, 0.6) is 0 Å². The Bertz CT molecular complexity index is 320. The molecule has 0 bridgehead atoms. The van der Waals surface area contributed by atoms with Gasteiger partial charge in [0.05, 0.1) is 0 Å². The van der Waals surface area contributed by atoms with Crippen molar-refractivity contribution in [3.8, 4) is 0 Å². The predicted molar refractivity (Wildman–Crippen MR) is 67.2 cm³/mol. The van der Waals surface area contributed by atoms with Crippen LogP contribution in [0.25, 0.3) is 0 Å². The van der Waals surface area contributed by atoms with Crippen molar-refractivity contribution in [3.05, 3.63) is 34.6 Å². The third-order valence-electron chi connectivity index (χ3n) is 2.93. The van der Waals surface area contributed by atoms with Gasteiger partial charge in [-0.1, -0.05) is 37.9 Å². The molecule has 0 fully saturated rings. The first-order valence-corrected chi connectivity index (χ1v) is 6.10. The van der Waals surface area contributed by atoms with E-state index in [1.807, 2.05) is 0 Å². The molecule has 2 N–H and O–H groups in total. The molecular weight excluding hydrogens is 225 g/mol. The lowest BCUT2D eigenvalue weighted by Crippen LogP contribution is -2.25. The van der Waals surface area contributed by atoms with Gasteiger partial charge in [0.2, 0.25) is 0 Å². The molecule has 1 aromatic rings. The minimum absolute atomic E-state index is 0.0238. The van der Waals surface area contributed by atoms with Crippen LogP contribution in [0.1, 0.15) is 32.3 Å². The normalized spacial score (nSPS) is 14.8. The van der Waals surface area contributed by atoms with Gasteiger partial charge < -0.3 is 5.73 Å². The van der Waals surface area contributed by atoms with Crippen molar-refractivity contribution in [2.24, 2.45) is 11.7 Å². The first-order chi connectivity index (χ1) is 7.54. The Morgan fingerprint density at radius 1 is 1.44 bits per heavy atom. The van der Waals surface area contributed by atoms with Gasteiger partial charge in [-0.2, -0.15) is 0 Å². The lowest BCUT2D eigenvalue weighted by Gasteiger charge is -2.16. The van der Waals surface area contributed by atoms with E-state index in [1.165, 1.54) is 6.07 Å². The van der Waals surface area contributed by atoms with E-state index in [0.717, 1.165) is 12.8 Å². The van der Waals surface area contributed by atoms with Crippen molar-refractivity contribution in [3.63, 3.8) is 0 Å². The Morgan fingerprint density at radius 3 is 2.69 bits per heavy atom. The molecule has 0 amide bonds. The molecule has 0 saturated carbocycles. The topological polar surface area (TPSA) is 26.0 Å². The number of hydrogen-bond acceptors (Lipinski definition) is 1. The van der Waals surface area contributed by atoms with Crippen LogP contribution < -0.4 is 5.73 Å². The quantitative estimate of drug-likeness (QED) is 0.837. The molecule has 1 nitrogen and oxygen atoms in total. The van der Waals surface area contributed by atoms with Crippen LogP contribution in [-0.4, -0.2) is 6.04 Å². The summed E-state index contributed by atoms with van der Waals surface area (Å²) in [4.78, 5) is 0. The maximum atomic E-state index is 13.5. The fourth-order valence-electron chi connectivity index (χ4n) is 1.76. The van der Waals surface area contributed by atoms with Crippen LogP contribution >= 0.6 is 11.6 Å². The van der Waals surface area contributed by atoms with Gasteiger partial charge in [0.15, 0.2) is 0 Å². The predicted octanol–water partition coefficient (Wildman–Crippen LogP) is 3.79. The van der Waals surface area contributed by atoms with Gasteiger partial charge in [-0.15, -0.1) is 0 Å². The minimum atomic E-state index is -0.257. The zero-order valence-electron chi connectivity index (χ0n) is 9.84. The van der Waals surface area contributed by atoms with E-state index in [0.29, 0.717) is 22.9 Å². The highest BCUT2D eigenvalue weighted by Gasteiger charge is 2.13. The number of nitrogens with two attached hydrogens (primary N) is 1. The van der Waals surface area contributed by atoms with Gasteiger partial charge >= 0.3 is 0 Å². The summed E-state index contributed by atoms with van der Waals surface area (Å²) >= 11 is 5.95. The van der Waals surface area contributed by atoms with Gasteiger partial charge in [0.25, 0.3) is 0 Å². The maximum Gasteiger partial charge on any atom is 0.127 e. The Kier molecular flexibility index (Phi) is 5.23. The van der Waals surface area contributed by atoms with Crippen molar-refractivity contribution in [2.75, 3.05) is 0 Å². The zero-order chi connectivity index (χ0) is 12.1. The Hall–Kier alpha value is -0.600. The number of rotatable bonds is 5. The average Bonchev–Trinajstić information content (AvgIpc) is 2.23. The van der Waals surface area contributed by atoms with E-state index in [-0.39, 0.29) is 11.9 Å². The van der Waals surface area contributed by atoms with Crippen molar-refractivity contribution in [1.29, 1.82) is 0 Å². The maximum absolute atomic E-state index is 13.5. The molecule has 0 radical (unpaired) electrons. The van der Waals surface area contributed by atoms with E-state index >= 15 is 0 Å². The van der Waals surface area contributed by atoms with Gasteiger partial charge in [0, 0.05) is 16.6 Å². The smallest absolute Gasteiger partial charge is 0.127 e. The van der Waals surface area contributed by atoms with Crippen molar-refractivity contribution in [2.45, 2.75) is 39.2 Å². The lowest BCUT2D eigenvalue weighted by atomic mass is 9.95. The molecule has 1 aromatic carbocycles. The van der Waals surface area contributed by atoms with E-state index in [1.54, 1.807) is 12.1 Å². The van der Waals surface area contributed by atoms with Crippen LogP contribution in [0.2, 0.25) is 5.02 Å². The van der Waals surface area contributed by atoms with E-state index in [9.17, 15) is 4.39 Å². The fraction of sp³-hybridized carbons (Fsp3) is 0.538. The summed E-state index contributed by atoms with van der Waals surface area (Å²) in [5.74, 6) is 0.313. The van der Waals surface area contributed by atoms with Crippen LogP contribution in [0.3, 0.4) is 0 Å². The molecule has 1 rings (SSSR count).